The fraction of sp³-hybridized carbons (Fsp3) is 0.217. The highest BCUT2D eigenvalue weighted by Gasteiger charge is 2.39. The minimum atomic E-state index is -4.42. The first-order valence-corrected chi connectivity index (χ1v) is 12.4. The van der Waals surface area contributed by atoms with Crippen molar-refractivity contribution in [2.45, 2.75) is 23.2 Å². The number of aromatic amines is 1. The second kappa shape index (κ2) is 8.42. The summed E-state index contributed by atoms with van der Waals surface area (Å²) in [5.41, 5.74) is 2.27. The van der Waals surface area contributed by atoms with E-state index in [1.54, 1.807) is 18.2 Å². The van der Waals surface area contributed by atoms with E-state index in [1.807, 2.05) is 0 Å². The van der Waals surface area contributed by atoms with E-state index in [2.05, 4.69) is 14.7 Å². The van der Waals surface area contributed by atoms with Crippen LogP contribution in [-0.4, -0.2) is 35.7 Å². The van der Waals surface area contributed by atoms with Gasteiger partial charge in [0.1, 0.15) is 5.25 Å². The number of H-pyrrole nitrogens is 1. The monoisotopic (exact) mass is 523 g/mol. The van der Waals surface area contributed by atoms with Gasteiger partial charge in [-0.3, -0.25) is 13.8 Å². The van der Waals surface area contributed by atoms with Crippen LogP contribution in [0.2, 0.25) is 0 Å². The van der Waals surface area contributed by atoms with Crippen LogP contribution in [0.15, 0.2) is 70.0 Å². The Balaban J connectivity index is 1.39. The number of allylic oxidation sites excluding steroid dienone is 3. The number of fused-ring (bicyclic) bond motifs is 1. The van der Waals surface area contributed by atoms with Crippen LogP contribution in [0, 0.1) is 0 Å². The molecule has 0 radical (unpaired) electrons. The molecule has 0 spiro atoms. The van der Waals surface area contributed by atoms with Gasteiger partial charge in [-0.2, -0.15) is 13.2 Å². The number of halogens is 4. The third kappa shape index (κ3) is 4.30. The fourth-order valence-electron chi connectivity index (χ4n) is 4.22. The molecule has 1 aliphatic carbocycles. The summed E-state index contributed by atoms with van der Waals surface area (Å²) < 4.78 is 71.2. The van der Waals surface area contributed by atoms with Crippen LogP contribution < -0.4 is 10.1 Å². The van der Waals surface area contributed by atoms with Gasteiger partial charge in [0.15, 0.2) is 5.82 Å². The molecule has 1 N–H and O–H groups in total. The summed E-state index contributed by atoms with van der Waals surface area (Å²) >= 11 is 6.41. The van der Waals surface area contributed by atoms with E-state index in [9.17, 15) is 26.4 Å². The average Bonchev–Trinajstić information content (AvgIpc) is 3.44. The summed E-state index contributed by atoms with van der Waals surface area (Å²) in [5, 5.41) is 1.61. The van der Waals surface area contributed by atoms with Crippen molar-refractivity contribution in [3.63, 3.8) is 0 Å². The number of alkyl halides is 4. The van der Waals surface area contributed by atoms with Gasteiger partial charge in [-0.15, -0.1) is 11.6 Å². The first kappa shape index (κ1) is 23.4. The molecule has 1 aromatic heterocycles. The molecule has 2 aliphatic rings. The predicted molar refractivity (Wildman–Crippen MR) is 125 cm³/mol. The van der Waals surface area contributed by atoms with Crippen LogP contribution in [0.4, 0.5) is 18.9 Å². The molecule has 0 fully saturated rings. The van der Waals surface area contributed by atoms with Crippen molar-refractivity contribution in [2.24, 2.45) is 0 Å². The maximum Gasteiger partial charge on any atom is 0.439 e. The number of aromatic nitrogens is 2. The van der Waals surface area contributed by atoms with Crippen molar-refractivity contribution in [3.05, 3.63) is 88.2 Å². The number of rotatable bonds is 4. The van der Waals surface area contributed by atoms with Crippen LogP contribution in [-0.2, 0) is 22.6 Å². The molecule has 1 aliphatic heterocycles. The Morgan fingerprint density at radius 3 is 2.46 bits per heavy atom. The molecule has 0 amide bonds. The van der Waals surface area contributed by atoms with Gasteiger partial charge in [-0.25, -0.2) is 13.2 Å². The molecule has 0 saturated carbocycles. The molecular formula is C23H17ClF3N3O4S. The summed E-state index contributed by atoms with van der Waals surface area (Å²) in [6, 6.07) is 9.96. The smallest absolute Gasteiger partial charge is 0.296 e. The lowest BCUT2D eigenvalue weighted by Crippen LogP contribution is -2.41. The van der Waals surface area contributed by atoms with Gasteiger partial charge in [0, 0.05) is 12.1 Å². The number of sulfonamides is 1. The number of benzene rings is 2. The minimum Gasteiger partial charge on any atom is -0.296 e. The molecule has 0 saturated heterocycles. The van der Waals surface area contributed by atoms with Crippen LogP contribution in [0.3, 0.4) is 0 Å². The molecule has 12 heteroatoms. The Bertz CT molecular complexity index is 1510. The van der Waals surface area contributed by atoms with E-state index in [0.29, 0.717) is 28.8 Å². The van der Waals surface area contributed by atoms with Gasteiger partial charge in [-0.1, -0.05) is 41.6 Å². The molecule has 3 aromatic rings. The zero-order chi connectivity index (χ0) is 25.0. The lowest BCUT2D eigenvalue weighted by molar-refractivity contribution is -0.137. The number of hydrogen-bond donors (Lipinski definition) is 1. The van der Waals surface area contributed by atoms with Crippen molar-refractivity contribution in [1.82, 2.24) is 10.1 Å². The number of anilines is 1. The highest BCUT2D eigenvalue weighted by atomic mass is 35.5. The van der Waals surface area contributed by atoms with Gasteiger partial charge in [0.05, 0.1) is 16.6 Å². The Morgan fingerprint density at radius 2 is 1.83 bits per heavy atom. The quantitative estimate of drug-likeness (QED) is 0.512. The van der Waals surface area contributed by atoms with Gasteiger partial charge in [0.2, 0.25) is 10.0 Å². The second-order valence-electron chi connectivity index (χ2n) is 8.12. The Kier molecular flexibility index (Phi) is 5.64. The second-order valence-corrected chi connectivity index (χ2v) is 10.6. The molecule has 2 heterocycles. The third-order valence-corrected chi connectivity index (χ3v) is 8.64. The minimum absolute atomic E-state index is 0.148. The lowest BCUT2D eigenvalue weighted by atomic mass is 10.0. The molecule has 2 atom stereocenters. The Labute approximate surface area is 202 Å². The number of nitrogens with one attached hydrogen (secondary N) is 1. The molecule has 182 valence electrons. The summed E-state index contributed by atoms with van der Waals surface area (Å²) in [6.45, 7) is 0.218. The SMILES string of the molecule is O=c1[nH]c(C2=CC(Cl)C(S(=O)(=O)N3CCc4cc(-c5ccc(C(F)(F)F)cc5)ccc43)C=C2)no1. The van der Waals surface area contributed by atoms with Crippen molar-refractivity contribution >= 4 is 32.9 Å². The molecule has 0 bridgehead atoms. The van der Waals surface area contributed by atoms with Crippen molar-refractivity contribution in [2.75, 3.05) is 10.8 Å². The third-order valence-electron chi connectivity index (χ3n) is 5.96. The van der Waals surface area contributed by atoms with Crippen molar-refractivity contribution in [1.29, 1.82) is 0 Å². The standard InChI is InChI=1S/C23H17ClF3N3O4S/c24-18-12-16(21-28-22(31)34-29-21)4-8-20(18)35(32,33)30-10-9-15-11-14(3-7-19(15)30)13-1-5-17(6-2-13)23(25,26)27/h1-8,11-12,18,20H,9-10H2,(H,28,29,31). The zero-order valence-corrected chi connectivity index (χ0v) is 19.4. The van der Waals surface area contributed by atoms with Crippen molar-refractivity contribution in [3.8, 4) is 11.1 Å². The van der Waals surface area contributed by atoms with E-state index < -0.39 is 38.1 Å². The summed E-state index contributed by atoms with van der Waals surface area (Å²) in [4.78, 5) is 13.6. The van der Waals surface area contributed by atoms with E-state index >= 15 is 0 Å². The van der Waals surface area contributed by atoms with Gasteiger partial charge >= 0.3 is 11.9 Å². The highest BCUT2D eigenvalue weighted by molar-refractivity contribution is 7.93. The Hall–Kier alpha value is -3.31. The van der Waals surface area contributed by atoms with Crippen LogP contribution in [0.1, 0.15) is 17.0 Å². The average molecular weight is 524 g/mol. The number of nitrogens with zero attached hydrogens (tertiary/aromatic N) is 2. The Morgan fingerprint density at radius 1 is 1.11 bits per heavy atom. The van der Waals surface area contributed by atoms with Crippen LogP contribution >= 0.6 is 11.6 Å². The fourth-order valence-corrected chi connectivity index (χ4v) is 6.60. The van der Waals surface area contributed by atoms with Gasteiger partial charge in [0.25, 0.3) is 0 Å². The molecule has 2 unspecified atom stereocenters. The molecule has 7 nitrogen and oxygen atoms in total. The predicted octanol–water partition coefficient (Wildman–Crippen LogP) is 4.37. The highest BCUT2D eigenvalue weighted by Crippen LogP contribution is 2.38. The van der Waals surface area contributed by atoms with Crippen LogP contribution in [0.5, 0.6) is 0 Å². The van der Waals surface area contributed by atoms with E-state index in [-0.39, 0.29) is 12.4 Å². The van der Waals surface area contributed by atoms with Crippen molar-refractivity contribution < 1.29 is 26.1 Å². The van der Waals surface area contributed by atoms with Gasteiger partial charge in [-0.05, 0) is 47.4 Å². The molecule has 35 heavy (non-hydrogen) atoms. The molecule has 5 rings (SSSR count). The maximum absolute atomic E-state index is 13.5. The topological polar surface area (TPSA) is 96.3 Å². The summed E-state index contributed by atoms with van der Waals surface area (Å²) in [6.07, 6.45) is 0.487. The summed E-state index contributed by atoms with van der Waals surface area (Å²) in [5.74, 6) is -0.588. The van der Waals surface area contributed by atoms with Crippen LogP contribution in [0.25, 0.3) is 16.7 Å². The molecule has 2 aromatic carbocycles. The lowest BCUT2D eigenvalue weighted by Gasteiger charge is -2.28. The zero-order valence-electron chi connectivity index (χ0n) is 17.8. The first-order valence-electron chi connectivity index (χ1n) is 10.5. The normalized spacial score (nSPS) is 20.1. The van der Waals surface area contributed by atoms with Gasteiger partial charge < -0.3 is 0 Å². The van der Waals surface area contributed by atoms with E-state index in [4.69, 9.17) is 11.6 Å². The molecular weight excluding hydrogens is 507 g/mol. The summed E-state index contributed by atoms with van der Waals surface area (Å²) in [7, 11) is -3.90. The first-order chi connectivity index (χ1) is 16.5. The maximum atomic E-state index is 13.5. The van der Waals surface area contributed by atoms with E-state index in [0.717, 1.165) is 17.7 Å². The van der Waals surface area contributed by atoms with E-state index in [1.165, 1.54) is 34.7 Å². The number of hydrogen-bond acceptors (Lipinski definition) is 5. The largest absolute Gasteiger partial charge is 0.439 e.